The summed E-state index contributed by atoms with van der Waals surface area (Å²) in [4.78, 5) is 39.2. The number of hydrogen-bond acceptors (Lipinski definition) is 5. The van der Waals surface area contributed by atoms with Gasteiger partial charge in [0.25, 0.3) is 0 Å². The number of amides is 2. The molecule has 2 N–H and O–H groups in total. The Kier molecular flexibility index (Phi) is 7.69. The number of nitrogens with zero attached hydrogens (tertiary/aromatic N) is 1. The smallest absolute Gasteiger partial charge is 0.407 e. The second-order valence-corrected chi connectivity index (χ2v) is 10.5. The minimum atomic E-state index is -0.992. The second-order valence-electron chi connectivity index (χ2n) is 9.38. The minimum Gasteiger partial charge on any atom is -0.480 e. The highest BCUT2D eigenvalue weighted by Crippen LogP contribution is 2.44. The summed E-state index contributed by atoms with van der Waals surface area (Å²) in [6.45, 7) is 6.13. The van der Waals surface area contributed by atoms with Crippen molar-refractivity contribution in [2.24, 2.45) is 11.8 Å². The summed E-state index contributed by atoms with van der Waals surface area (Å²) in [5.74, 6) is -1.28. The maximum Gasteiger partial charge on any atom is 0.407 e. The van der Waals surface area contributed by atoms with Crippen molar-refractivity contribution in [3.05, 3.63) is 59.7 Å². The van der Waals surface area contributed by atoms with Crippen molar-refractivity contribution in [1.82, 2.24) is 10.2 Å². The molecule has 2 aromatic carbocycles. The fourth-order valence-electron chi connectivity index (χ4n) is 4.98. The number of thioether (sulfide) groups is 1. The third kappa shape index (κ3) is 5.03. The summed E-state index contributed by atoms with van der Waals surface area (Å²) in [7, 11) is 0. The Morgan fingerprint density at radius 1 is 1.09 bits per heavy atom. The molecule has 1 saturated heterocycles. The van der Waals surface area contributed by atoms with E-state index in [-0.39, 0.29) is 36.3 Å². The number of hydrogen-bond donors (Lipinski definition) is 2. The molecule has 0 spiro atoms. The summed E-state index contributed by atoms with van der Waals surface area (Å²) in [6.07, 6.45) is -0.0926. The number of benzene rings is 2. The summed E-state index contributed by atoms with van der Waals surface area (Å²) in [6, 6.07) is 15.4. The molecule has 2 aromatic rings. The van der Waals surface area contributed by atoms with Gasteiger partial charge in [-0.25, -0.2) is 9.59 Å². The van der Waals surface area contributed by atoms with Crippen LogP contribution >= 0.6 is 11.8 Å². The van der Waals surface area contributed by atoms with Crippen molar-refractivity contribution in [1.29, 1.82) is 0 Å². The van der Waals surface area contributed by atoms with Crippen LogP contribution < -0.4 is 5.32 Å². The van der Waals surface area contributed by atoms with Crippen molar-refractivity contribution in [3.63, 3.8) is 0 Å². The van der Waals surface area contributed by atoms with E-state index in [2.05, 4.69) is 29.6 Å². The molecule has 1 heterocycles. The standard InChI is InChI=1S/C27H32N2O5S/c1-4-17(24(30)29-23(26(31)32)15-35-25(29)16(2)3)13-28-27(33)34-14-22-20-11-7-5-9-18(20)19-10-6-8-12-21(19)22/h5-12,16-17,22-23,25H,4,13-15H2,1-3H3,(H,28,33)(H,31,32). The second kappa shape index (κ2) is 10.7. The largest absolute Gasteiger partial charge is 0.480 e. The predicted molar refractivity (Wildman–Crippen MR) is 136 cm³/mol. The fourth-order valence-corrected chi connectivity index (χ4v) is 6.46. The quantitative estimate of drug-likeness (QED) is 0.556. The summed E-state index contributed by atoms with van der Waals surface area (Å²) >= 11 is 1.50. The van der Waals surface area contributed by atoms with E-state index in [1.54, 1.807) is 0 Å². The van der Waals surface area contributed by atoms with Crippen LogP contribution in [-0.4, -0.2) is 58.3 Å². The van der Waals surface area contributed by atoms with Crippen LogP contribution in [0.2, 0.25) is 0 Å². The van der Waals surface area contributed by atoms with E-state index in [0.717, 1.165) is 22.3 Å². The Morgan fingerprint density at radius 2 is 1.69 bits per heavy atom. The van der Waals surface area contributed by atoms with Gasteiger partial charge in [0.1, 0.15) is 12.6 Å². The van der Waals surface area contributed by atoms with E-state index in [4.69, 9.17) is 4.74 Å². The van der Waals surface area contributed by atoms with Gasteiger partial charge in [0.15, 0.2) is 0 Å². The maximum absolute atomic E-state index is 13.3. The van der Waals surface area contributed by atoms with E-state index in [1.165, 1.54) is 16.7 Å². The zero-order chi connectivity index (χ0) is 25.1. The van der Waals surface area contributed by atoms with Crippen molar-refractivity contribution in [3.8, 4) is 11.1 Å². The van der Waals surface area contributed by atoms with Gasteiger partial charge in [-0.2, -0.15) is 0 Å². The van der Waals surface area contributed by atoms with Crippen LogP contribution in [0, 0.1) is 11.8 Å². The zero-order valence-electron chi connectivity index (χ0n) is 20.3. The van der Waals surface area contributed by atoms with Gasteiger partial charge in [-0.15, -0.1) is 11.8 Å². The number of nitrogens with one attached hydrogen (secondary N) is 1. The molecule has 3 atom stereocenters. The zero-order valence-corrected chi connectivity index (χ0v) is 21.1. The molecule has 186 valence electrons. The number of carbonyl (C=O) groups excluding carboxylic acids is 2. The molecule has 7 nitrogen and oxygen atoms in total. The Hall–Kier alpha value is -3.00. The van der Waals surface area contributed by atoms with Crippen LogP contribution in [0.25, 0.3) is 11.1 Å². The summed E-state index contributed by atoms with van der Waals surface area (Å²) < 4.78 is 5.59. The highest BCUT2D eigenvalue weighted by molar-refractivity contribution is 8.00. The van der Waals surface area contributed by atoms with Crippen LogP contribution in [0.1, 0.15) is 44.2 Å². The van der Waals surface area contributed by atoms with Crippen molar-refractivity contribution >= 4 is 29.7 Å². The molecule has 8 heteroatoms. The van der Waals surface area contributed by atoms with Crippen LogP contribution in [0.4, 0.5) is 4.79 Å². The van der Waals surface area contributed by atoms with E-state index in [1.807, 2.05) is 45.0 Å². The first-order valence-electron chi connectivity index (χ1n) is 12.1. The molecule has 1 aliphatic carbocycles. The molecule has 0 aromatic heterocycles. The molecule has 35 heavy (non-hydrogen) atoms. The monoisotopic (exact) mass is 496 g/mol. The van der Waals surface area contributed by atoms with E-state index >= 15 is 0 Å². The van der Waals surface area contributed by atoms with Crippen LogP contribution in [-0.2, 0) is 14.3 Å². The molecule has 4 rings (SSSR count). The van der Waals surface area contributed by atoms with E-state index in [9.17, 15) is 19.5 Å². The Labute approximate surface area is 210 Å². The van der Waals surface area contributed by atoms with Crippen LogP contribution in [0.3, 0.4) is 0 Å². The highest BCUT2D eigenvalue weighted by atomic mass is 32.2. The van der Waals surface area contributed by atoms with Gasteiger partial charge in [0.2, 0.25) is 5.91 Å². The number of carboxylic acid groups (broad SMARTS) is 1. The Balaban J connectivity index is 1.37. The van der Waals surface area contributed by atoms with Crippen molar-refractivity contribution < 1.29 is 24.2 Å². The molecule has 2 amide bonds. The molecule has 2 aliphatic rings. The molecule has 3 unspecified atom stereocenters. The number of alkyl carbamates (subject to hydrolysis) is 1. The number of fused-ring (bicyclic) bond motifs is 3. The van der Waals surface area contributed by atoms with Gasteiger partial charge in [-0.3, -0.25) is 4.79 Å². The predicted octanol–water partition coefficient (Wildman–Crippen LogP) is 4.56. The highest BCUT2D eigenvalue weighted by Gasteiger charge is 2.44. The lowest BCUT2D eigenvalue weighted by molar-refractivity contribution is -0.151. The molecule has 1 fully saturated rings. The van der Waals surface area contributed by atoms with Gasteiger partial charge >= 0.3 is 12.1 Å². The fraction of sp³-hybridized carbons (Fsp3) is 0.444. The Bertz CT molecular complexity index is 1060. The topological polar surface area (TPSA) is 95.9 Å². The van der Waals surface area contributed by atoms with Crippen molar-refractivity contribution in [2.45, 2.75) is 44.5 Å². The average molecular weight is 497 g/mol. The molecule has 0 bridgehead atoms. The number of rotatable bonds is 8. The van der Waals surface area contributed by atoms with Gasteiger partial charge in [0.05, 0.1) is 11.3 Å². The van der Waals surface area contributed by atoms with Crippen molar-refractivity contribution in [2.75, 3.05) is 18.9 Å². The van der Waals surface area contributed by atoms with Crippen LogP contribution in [0.15, 0.2) is 48.5 Å². The summed E-state index contributed by atoms with van der Waals surface area (Å²) in [5.41, 5.74) is 4.58. The maximum atomic E-state index is 13.3. The normalized spacial score (nSPS) is 19.8. The lowest BCUT2D eigenvalue weighted by Gasteiger charge is -2.32. The van der Waals surface area contributed by atoms with Gasteiger partial charge < -0.3 is 20.1 Å². The summed E-state index contributed by atoms with van der Waals surface area (Å²) in [5, 5.41) is 12.2. The Morgan fingerprint density at radius 3 is 2.23 bits per heavy atom. The molecule has 1 aliphatic heterocycles. The number of carbonyl (C=O) groups is 3. The lowest BCUT2D eigenvalue weighted by Crippen LogP contribution is -2.51. The SMILES string of the molecule is CCC(CNC(=O)OCC1c2ccccc2-c2ccccc21)C(=O)N1C(C(=O)O)CSC1C(C)C. The third-order valence-electron chi connectivity index (χ3n) is 6.82. The molecule has 0 saturated carbocycles. The average Bonchev–Trinajstić information content (AvgIpc) is 3.43. The van der Waals surface area contributed by atoms with E-state index in [0.29, 0.717) is 12.2 Å². The van der Waals surface area contributed by atoms with Gasteiger partial charge in [-0.05, 0) is 34.6 Å². The minimum absolute atomic E-state index is 0.0403. The first-order chi connectivity index (χ1) is 16.8. The van der Waals surface area contributed by atoms with Gasteiger partial charge in [-0.1, -0.05) is 69.3 Å². The number of ether oxygens (including phenoxy) is 1. The molecule has 0 radical (unpaired) electrons. The number of aliphatic carboxylic acids is 1. The molecular weight excluding hydrogens is 464 g/mol. The van der Waals surface area contributed by atoms with Gasteiger partial charge in [0, 0.05) is 18.2 Å². The number of carboxylic acids is 1. The molecular formula is C27H32N2O5S. The van der Waals surface area contributed by atoms with Crippen LogP contribution in [0.5, 0.6) is 0 Å². The first kappa shape index (κ1) is 25.1. The third-order valence-corrected chi connectivity index (χ3v) is 8.44. The lowest BCUT2D eigenvalue weighted by atomic mass is 9.98. The first-order valence-corrected chi connectivity index (χ1v) is 13.1. The van der Waals surface area contributed by atoms with E-state index < -0.39 is 24.0 Å².